The molecular formula is C26H28N4O3. The Morgan fingerprint density at radius 3 is 2.61 bits per heavy atom. The average molecular weight is 445 g/mol. The predicted molar refractivity (Wildman–Crippen MR) is 125 cm³/mol. The molecule has 170 valence electrons. The fraction of sp³-hybridized carbons (Fsp3) is 0.346. The summed E-state index contributed by atoms with van der Waals surface area (Å²) in [6.45, 7) is 4.09. The Balaban J connectivity index is 1.19. The zero-order valence-corrected chi connectivity index (χ0v) is 18.7. The van der Waals surface area contributed by atoms with Crippen LogP contribution in [0.4, 0.5) is 5.69 Å². The normalized spacial score (nSPS) is 18.6. The van der Waals surface area contributed by atoms with Crippen LogP contribution in [0.3, 0.4) is 0 Å². The van der Waals surface area contributed by atoms with Gasteiger partial charge in [-0.15, -0.1) is 0 Å². The van der Waals surface area contributed by atoms with Crippen LogP contribution in [0.1, 0.15) is 46.3 Å². The van der Waals surface area contributed by atoms with Gasteiger partial charge in [-0.25, -0.2) is 4.98 Å². The minimum atomic E-state index is -0.0968. The zero-order chi connectivity index (χ0) is 22.8. The molecule has 7 nitrogen and oxygen atoms in total. The van der Waals surface area contributed by atoms with Gasteiger partial charge in [0.2, 0.25) is 5.91 Å². The minimum Gasteiger partial charge on any atom is -0.365 e. The van der Waals surface area contributed by atoms with Crippen molar-refractivity contribution in [1.29, 1.82) is 0 Å². The second-order valence-electron chi connectivity index (χ2n) is 8.83. The van der Waals surface area contributed by atoms with Crippen molar-refractivity contribution in [2.24, 2.45) is 5.92 Å². The Hall–Kier alpha value is -3.45. The van der Waals surface area contributed by atoms with E-state index in [1.807, 2.05) is 58.9 Å². The first-order valence-corrected chi connectivity index (χ1v) is 11.5. The number of hydrogen-bond acceptors (Lipinski definition) is 4. The maximum atomic E-state index is 13.2. The van der Waals surface area contributed by atoms with Gasteiger partial charge in [-0.3, -0.25) is 9.59 Å². The fourth-order valence-electron chi connectivity index (χ4n) is 4.64. The molecule has 2 aliphatic heterocycles. The lowest BCUT2D eigenvalue weighted by molar-refractivity contribution is -0.121. The van der Waals surface area contributed by atoms with Gasteiger partial charge in [0.15, 0.2) is 5.69 Å². The average Bonchev–Trinajstić information content (AvgIpc) is 3.27. The van der Waals surface area contributed by atoms with Crippen molar-refractivity contribution in [3.8, 4) is 0 Å². The topological polar surface area (TPSA) is 76.5 Å². The van der Waals surface area contributed by atoms with Crippen LogP contribution in [0, 0.1) is 12.8 Å². The van der Waals surface area contributed by atoms with Crippen LogP contribution in [-0.4, -0.2) is 39.4 Å². The van der Waals surface area contributed by atoms with E-state index in [0.29, 0.717) is 44.8 Å². The number of ether oxygens (including phenoxy) is 1. The Morgan fingerprint density at radius 2 is 1.85 bits per heavy atom. The number of anilines is 1. The van der Waals surface area contributed by atoms with Crippen molar-refractivity contribution < 1.29 is 14.3 Å². The number of nitrogens with one attached hydrogen (secondary N) is 1. The first-order valence-electron chi connectivity index (χ1n) is 11.5. The molecule has 1 N–H and O–H groups in total. The van der Waals surface area contributed by atoms with Crippen LogP contribution in [0.25, 0.3) is 0 Å². The summed E-state index contributed by atoms with van der Waals surface area (Å²) in [7, 11) is 0. The second kappa shape index (κ2) is 9.19. The molecule has 7 heteroatoms. The number of rotatable bonds is 4. The van der Waals surface area contributed by atoms with Crippen molar-refractivity contribution in [3.05, 3.63) is 83.4 Å². The number of hydrogen-bond donors (Lipinski definition) is 1. The molecule has 1 atom stereocenters. The molecule has 1 aromatic heterocycles. The van der Waals surface area contributed by atoms with E-state index in [1.165, 1.54) is 0 Å². The third-order valence-electron chi connectivity index (χ3n) is 6.54. The molecule has 5 rings (SSSR count). The number of nitrogens with zero attached hydrogens (tertiary/aromatic N) is 3. The Bertz CT molecular complexity index is 1150. The van der Waals surface area contributed by atoms with E-state index in [1.54, 1.807) is 6.33 Å². The first-order chi connectivity index (χ1) is 16.1. The molecular weight excluding hydrogens is 416 g/mol. The number of imidazole rings is 1. The number of aromatic nitrogens is 2. The summed E-state index contributed by atoms with van der Waals surface area (Å²) in [6, 6.07) is 17.9. The first kappa shape index (κ1) is 21.4. The van der Waals surface area contributed by atoms with Gasteiger partial charge in [-0.05, 0) is 43.0 Å². The van der Waals surface area contributed by atoms with E-state index in [2.05, 4.69) is 22.4 Å². The van der Waals surface area contributed by atoms with Crippen LogP contribution in [0.5, 0.6) is 0 Å². The number of benzene rings is 2. The SMILES string of the molecule is Cc1cccc(NC(=O)C2CCN(C(=O)c3ncn4c3COC(c3ccccc3)C4)CC2)c1. The highest BCUT2D eigenvalue weighted by atomic mass is 16.5. The Kier molecular flexibility index (Phi) is 5.96. The van der Waals surface area contributed by atoms with E-state index < -0.39 is 0 Å². The summed E-state index contributed by atoms with van der Waals surface area (Å²) in [5, 5.41) is 3.01. The van der Waals surface area contributed by atoms with Gasteiger partial charge in [-0.1, -0.05) is 42.5 Å². The lowest BCUT2D eigenvalue weighted by Gasteiger charge is -2.31. The van der Waals surface area contributed by atoms with E-state index in [4.69, 9.17) is 4.74 Å². The molecule has 0 aliphatic carbocycles. The lowest BCUT2D eigenvalue weighted by Crippen LogP contribution is -2.42. The monoisotopic (exact) mass is 444 g/mol. The number of piperidine rings is 1. The van der Waals surface area contributed by atoms with Crippen LogP contribution in [0.2, 0.25) is 0 Å². The van der Waals surface area contributed by atoms with Gasteiger partial charge in [0.1, 0.15) is 6.10 Å². The van der Waals surface area contributed by atoms with Crippen LogP contribution < -0.4 is 5.32 Å². The molecule has 1 saturated heterocycles. The molecule has 0 radical (unpaired) electrons. The fourth-order valence-corrected chi connectivity index (χ4v) is 4.64. The maximum absolute atomic E-state index is 13.2. The lowest BCUT2D eigenvalue weighted by atomic mass is 9.95. The second-order valence-corrected chi connectivity index (χ2v) is 8.83. The standard InChI is InChI=1S/C26H28N4O3/c1-18-6-5-9-21(14-18)28-25(31)20-10-12-29(13-11-20)26(32)24-22-16-33-23(15-30(22)17-27-24)19-7-3-2-4-8-19/h2-9,14,17,20,23H,10-13,15-16H2,1H3,(H,28,31). The number of carbonyl (C=O) groups excluding carboxylic acids is 2. The summed E-state index contributed by atoms with van der Waals surface area (Å²) in [6.07, 6.45) is 2.99. The summed E-state index contributed by atoms with van der Waals surface area (Å²) in [4.78, 5) is 32.1. The van der Waals surface area contributed by atoms with Gasteiger partial charge in [0.25, 0.3) is 5.91 Å². The molecule has 0 bridgehead atoms. The highest BCUT2D eigenvalue weighted by molar-refractivity contribution is 5.95. The molecule has 3 heterocycles. The van der Waals surface area contributed by atoms with Gasteiger partial charge < -0.3 is 19.5 Å². The number of likely N-dealkylation sites (tertiary alicyclic amines) is 1. The molecule has 0 saturated carbocycles. The predicted octanol–water partition coefficient (Wildman–Crippen LogP) is 3.95. The molecule has 1 fully saturated rings. The Morgan fingerprint density at radius 1 is 1.06 bits per heavy atom. The largest absolute Gasteiger partial charge is 0.365 e. The maximum Gasteiger partial charge on any atom is 0.274 e. The smallest absolute Gasteiger partial charge is 0.274 e. The summed E-state index contributed by atoms with van der Waals surface area (Å²) < 4.78 is 8.08. The minimum absolute atomic E-state index is 0.0208. The van der Waals surface area contributed by atoms with Crippen molar-refractivity contribution in [1.82, 2.24) is 14.5 Å². The highest BCUT2D eigenvalue weighted by Crippen LogP contribution is 2.29. The van der Waals surface area contributed by atoms with Crippen LogP contribution in [0.15, 0.2) is 60.9 Å². The van der Waals surface area contributed by atoms with Crippen molar-refractivity contribution in [2.75, 3.05) is 18.4 Å². The van der Waals surface area contributed by atoms with E-state index in [-0.39, 0.29) is 23.8 Å². The highest BCUT2D eigenvalue weighted by Gasteiger charge is 2.32. The molecule has 1 unspecified atom stereocenters. The third-order valence-corrected chi connectivity index (χ3v) is 6.54. The van der Waals surface area contributed by atoms with Gasteiger partial charge >= 0.3 is 0 Å². The van der Waals surface area contributed by atoms with Crippen molar-refractivity contribution in [3.63, 3.8) is 0 Å². The molecule has 2 aromatic carbocycles. The summed E-state index contributed by atoms with van der Waals surface area (Å²) in [5.41, 5.74) is 4.33. The Labute approximate surface area is 193 Å². The van der Waals surface area contributed by atoms with Crippen molar-refractivity contribution >= 4 is 17.5 Å². The van der Waals surface area contributed by atoms with Crippen molar-refractivity contribution in [2.45, 2.75) is 39.0 Å². The van der Waals surface area contributed by atoms with E-state index in [9.17, 15) is 9.59 Å². The zero-order valence-electron chi connectivity index (χ0n) is 18.7. The third kappa shape index (κ3) is 4.54. The van der Waals surface area contributed by atoms with Crippen LogP contribution >= 0.6 is 0 Å². The number of fused-ring (bicyclic) bond motifs is 1. The van der Waals surface area contributed by atoms with Gasteiger partial charge in [-0.2, -0.15) is 0 Å². The molecule has 2 aliphatic rings. The molecule has 33 heavy (non-hydrogen) atoms. The summed E-state index contributed by atoms with van der Waals surface area (Å²) in [5.74, 6) is -0.157. The van der Waals surface area contributed by atoms with E-state index in [0.717, 1.165) is 22.5 Å². The number of amides is 2. The number of aryl methyl sites for hydroxylation is 1. The molecule has 0 spiro atoms. The number of carbonyl (C=O) groups is 2. The quantitative estimate of drug-likeness (QED) is 0.661. The molecule has 2 amide bonds. The van der Waals surface area contributed by atoms with Gasteiger partial charge in [0, 0.05) is 24.7 Å². The van der Waals surface area contributed by atoms with E-state index >= 15 is 0 Å². The van der Waals surface area contributed by atoms with Gasteiger partial charge in [0.05, 0.1) is 25.2 Å². The molecule has 3 aromatic rings. The summed E-state index contributed by atoms with van der Waals surface area (Å²) >= 11 is 0. The van der Waals surface area contributed by atoms with Crippen LogP contribution in [-0.2, 0) is 22.7 Å².